The molecule has 2 aromatic rings. The van der Waals surface area contributed by atoms with Gasteiger partial charge in [-0.25, -0.2) is 4.79 Å². The number of halogens is 1. The van der Waals surface area contributed by atoms with Gasteiger partial charge in [0, 0.05) is 67.3 Å². The summed E-state index contributed by atoms with van der Waals surface area (Å²) in [5.41, 5.74) is 2.65. The summed E-state index contributed by atoms with van der Waals surface area (Å²) in [6, 6.07) is 12.3. The molecule has 0 aromatic heterocycles. The number of hydrogen-bond donors (Lipinski definition) is 2. The summed E-state index contributed by atoms with van der Waals surface area (Å²) >= 11 is 5.92. The van der Waals surface area contributed by atoms with Crippen LogP contribution in [0.3, 0.4) is 0 Å². The number of urea groups is 1. The average molecular weight is 500 g/mol. The fraction of sp³-hybridized carbons (Fsp3) is 0.423. The number of benzene rings is 2. The van der Waals surface area contributed by atoms with E-state index >= 15 is 0 Å². The van der Waals surface area contributed by atoms with E-state index in [1.54, 1.807) is 40.1 Å². The number of rotatable bonds is 7. The second-order valence-electron chi connectivity index (χ2n) is 8.76. The summed E-state index contributed by atoms with van der Waals surface area (Å²) < 4.78 is 0. The summed E-state index contributed by atoms with van der Waals surface area (Å²) in [6.07, 6.45) is 0. The summed E-state index contributed by atoms with van der Waals surface area (Å²) in [7, 11) is 0. The molecule has 35 heavy (non-hydrogen) atoms. The lowest BCUT2D eigenvalue weighted by molar-refractivity contribution is -0.118. The van der Waals surface area contributed by atoms with Gasteiger partial charge in [0.05, 0.1) is 5.56 Å². The van der Waals surface area contributed by atoms with Gasteiger partial charge in [-0.2, -0.15) is 0 Å². The van der Waals surface area contributed by atoms with Crippen LogP contribution in [0.15, 0.2) is 42.5 Å². The maximum absolute atomic E-state index is 13.3. The minimum absolute atomic E-state index is 0.0754. The van der Waals surface area contributed by atoms with Crippen LogP contribution in [0, 0.1) is 5.92 Å². The first-order valence-electron chi connectivity index (χ1n) is 12.0. The van der Waals surface area contributed by atoms with Crippen LogP contribution in [0.5, 0.6) is 0 Å². The smallest absolute Gasteiger partial charge is 0.321 e. The first-order valence-corrected chi connectivity index (χ1v) is 12.4. The highest BCUT2D eigenvalue weighted by Gasteiger charge is 2.26. The van der Waals surface area contributed by atoms with Crippen LogP contribution in [-0.2, 0) is 4.79 Å². The maximum Gasteiger partial charge on any atom is 0.321 e. The normalized spacial score (nSPS) is 13.5. The van der Waals surface area contributed by atoms with E-state index in [-0.39, 0.29) is 23.8 Å². The fourth-order valence-electron chi connectivity index (χ4n) is 3.91. The maximum atomic E-state index is 13.3. The molecule has 2 N–H and O–H groups in total. The lowest BCUT2D eigenvalue weighted by atomic mass is 10.1. The molecule has 0 atom stereocenters. The minimum atomic E-state index is -0.168. The Morgan fingerprint density at radius 1 is 0.914 bits per heavy atom. The van der Waals surface area contributed by atoms with Crippen molar-refractivity contribution in [2.24, 2.45) is 5.92 Å². The lowest BCUT2D eigenvalue weighted by Gasteiger charge is -2.37. The van der Waals surface area contributed by atoms with Gasteiger partial charge in [-0.15, -0.1) is 0 Å². The molecule has 1 fully saturated rings. The Labute approximate surface area is 212 Å². The van der Waals surface area contributed by atoms with E-state index in [9.17, 15) is 14.4 Å². The second kappa shape index (κ2) is 11.9. The highest BCUT2D eigenvalue weighted by Crippen LogP contribution is 2.27. The van der Waals surface area contributed by atoms with Gasteiger partial charge in [-0.3, -0.25) is 9.59 Å². The second-order valence-corrected chi connectivity index (χ2v) is 9.20. The van der Waals surface area contributed by atoms with E-state index in [1.807, 2.05) is 39.8 Å². The molecule has 0 bridgehead atoms. The van der Waals surface area contributed by atoms with E-state index < -0.39 is 0 Å². The molecular weight excluding hydrogens is 466 g/mol. The molecule has 1 saturated heterocycles. The Hall–Kier alpha value is -3.26. The number of nitrogens with zero attached hydrogens (tertiary/aromatic N) is 3. The van der Waals surface area contributed by atoms with Gasteiger partial charge in [0.2, 0.25) is 5.91 Å². The first kappa shape index (κ1) is 26.3. The summed E-state index contributed by atoms with van der Waals surface area (Å²) in [6.45, 7) is 10.9. The van der Waals surface area contributed by atoms with Crippen LogP contribution in [0.1, 0.15) is 38.1 Å². The molecule has 9 heteroatoms. The Kier molecular flexibility index (Phi) is 8.98. The van der Waals surface area contributed by atoms with E-state index in [2.05, 4.69) is 15.5 Å². The Balaban J connectivity index is 1.75. The van der Waals surface area contributed by atoms with Gasteiger partial charge >= 0.3 is 6.03 Å². The number of hydrogen-bond acceptors (Lipinski definition) is 4. The zero-order valence-corrected chi connectivity index (χ0v) is 21.6. The quantitative estimate of drug-likeness (QED) is 0.574. The topological polar surface area (TPSA) is 85.0 Å². The summed E-state index contributed by atoms with van der Waals surface area (Å²) in [5.74, 6) is -0.337. The van der Waals surface area contributed by atoms with E-state index in [1.165, 1.54) is 0 Å². The number of piperazine rings is 1. The molecule has 188 valence electrons. The van der Waals surface area contributed by atoms with Gasteiger partial charge in [0.1, 0.15) is 0 Å². The molecule has 0 unspecified atom stereocenters. The van der Waals surface area contributed by atoms with Crippen LogP contribution < -0.4 is 15.5 Å². The molecule has 0 radical (unpaired) electrons. The van der Waals surface area contributed by atoms with Crippen molar-refractivity contribution in [3.63, 3.8) is 0 Å². The van der Waals surface area contributed by atoms with Crippen LogP contribution in [-0.4, -0.2) is 66.9 Å². The molecule has 1 aliphatic heterocycles. The first-order chi connectivity index (χ1) is 16.7. The number of carbonyl (C=O) groups excluding carboxylic acids is 3. The van der Waals surface area contributed by atoms with Crippen LogP contribution >= 0.6 is 11.6 Å². The fourth-order valence-corrected chi connectivity index (χ4v) is 4.04. The molecule has 4 amide bonds. The van der Waals surface area contributed by atoms with Crippen LogP contribution in [0.25, 0.3) is 0 Å². The van der Waals surface area contributed by atoms with Gasteiger partial charge < -0.3 is 25.3 Å². The molecule has 3 rings (SSSR count). The third-order valence-electron chi connectivity index (χ3n) is 6.07. The standard InChI is InChI=1S/C26H34ClN5O3/c1-5-30(6-2)25(34)22-17-21(28-24(33)18(3)4)11-12-23(22)31-13-15-32(16-14-31)26(35)29-20-9-7-19(27)8-10-20/h7-12,17-18H,5-6,13-16H2,1-4H3,(H,28,33)(H,29,35). The Morgan fingerprint density at radius 2 is 1.51 bits per heavy atom. The third kappa shape index (κ3) is 6.66. The average Bonchev–Trinajstić information content (AvgIpc) is 2.86. The van der Waals surface area contributed by atoms with Crippen molar-refractivity contribution in [3.05, 3.63) is 53.1 Å². The monoisotopic (exact) mass is 499 g/mol. The molecular formula is C26H34ClN5O3. The minimum Gasteiger partial charge on any atom is -0.367 e. The largest absolute Gasteiger partial charge is 0.367 e. The van der Waals surface area contributed by atoms with Crippen molar-refractivity contribution in [1.29, 1.82) is 0 Å². The molecule has 8 nitrogen and oxygen atoms in total. The van der Waals surface area contributed by atoms with E-state index in [0.29, 0.717) is 61.2 Å². The van der Waals surface area contributed by atoms with Crippen molar-refractivity contribution in [3.8, 4) is 0 Å². The van der Waals surface area contributed by atoms with Gasteiger partial charge in [-0.05, 0) is 56.3 Å². The molecule has 2 aromatic carbocycles. The zero-order valence-electron chi connectivity index (χ0n) is 20.8. The molecule has 1 heterocycles. The van der Waals surface area contributed by atoms with E-state index in [0.717, 1.165) is 5.69 Å². The Bertz CT molecular complexity index is 1050. The van der Waals surface area contributed by atoms with Crippen molar-refractivity contribution < 1.29 is 14.4 Å². The highest BCUT2D eigenvalue weighted by molar-refractivity contribution is 6.30. The zero-order chi connectivity index (χ0) is 25.5. The van der Waals surface area contributed by atoms with Gasteiger partial charge in [-0.1, -0.05) is 25.4 Å². The predicted octanol–water partition coefficient (Wildman–Crippen LogP) is 4.77. The van der Waals surface area contributed by atoms with Crippen LogP contribution in [0.4, 0.5) is 21.9 Å². The van der Waals surface area contributed by atoms with Crippen molar-refractivity contribution in [2.45, 2.75) is 27.7 Å². The number of carbonyl (C=O) groups is 3. The molecule has 0 aliphatic carbocycles. The van der Waals surface area contributed by atoms with Crippen molar-refractivity contribution in [1.82, 2.24) is 9.80 Å². The van der Waals surface area contributed by atoms with Gasteiger partial charge in [0.15, 0.2) is 0 Å². The predicted molar refractivity (Wildman–Crippen MR) is 141 cm³/mol. The number of amides is 4. The molecule has 0 saturated carbocycles. The third-order valence-corrected chi connectivity index (χ3v) is 6.32. The Morgan fingerprint density at radius 3 is 2.09 bits per heavy atom. The highest BCUT2D eigenvalue weighted by atomic mass is 35.5. The van der Waals surface area contributed by atoms with Crippen molar-refractivity contribution >= 4 is 46.5 Å². The molecule has 0 spiro atoms. The summed E-state index contributed by atoms with van der Waals surface area (Å²) in [4.78, 5) is 43.9. The SMILES string of the molecule is CCN(CC)C(=O)c1cc(NC(=O)C(C)C)ccc1N1CCN(C(=O)Nc2ccc(Cl)cc2)CC1. The summed E-state index contributed by atoms with van der Waals surface area (Å²) in [5, 5.41) is 6.40. The van der Waals surface area contributed by atoms with Crippen LogP contribution in [0.2, 0.25) is 5.02 Å². The lowest BCUT2D eigenvalue weighted by Crippen LogP contribution is -2.50. The number of nitrogens with one attached hydrogen (secondary N) is 2. The number of anilines is 3. The van der Waals surface area contributed by atoms with E-state index in [4.69, 9.17) is 11.6 Å². The van der Waals surface area contributed by atoms with Gasteiger partial charge in [0.25, 0.3) is 5.91 Å². The molecule has 1 aliphatic rings. The van der Waals surface area contributed by atoms with Crippen molar-refractivity contribution in [2.75, 3.05) is 54.8 Å².